The quantitative estimate of drug-likeness (QED) is 0.0630. The van der Waals surface area contributed by atoms with Crippen molar-refractivity contribution in [3.8, 4) is 0 Å². The third-order valence-electron chi connectivity index (χ3n) is 10.6. The van der Waals surface area contributed by atoms with Gasteiger partial charge in [0.2, 0.25) is 0 Å². The lowest BCUT2D eigenvalue weighted by molar-refractivity contribution is 0.135. The van der Waals surface area contributed by atoms with Crippen LogP contribution >= 0.6 is 0 Å². The second-order valence-corrected chi connectivity index (χ2v) is 15.0. The van der Waals surface area contributed by atoms with E-state index in [0.717, 1.165) is 0 Å². The molecule has 0 aliphatic carbocycles. The van der Waals surface area contributed by atoms with Gasteiger partial charge in [0.1, 0.15) is 6.17 Å². The van der Waals surface area contributed by atoms with Gasteiger partial charge in [0, 0.05) is 25.5 Å². The summed E-state index contributed by atoms with van der Waals surface area (Å²) in [5.74, 6) is 0. The third-order valence-corrected chi connectivity index (χ3v) is 10.6. The summed E-state index contributed by atoms with van der Waals surface area (Å²) in [5.41, 5.74) is 0. The van der Waals surface area contributed by atoms with Crippen LogP contribution in [0.4, 0.5) is 0 Å². The van der Waals surface area contributed by atoms with E-state index in [1.54, 1.807) is 0 Å². The Morgan fingerprint density at radius 3 is 0.778 bits per heavy atom. The fourth-order valence-corrected chi connectivity index (χ4v) is 7.42. The number of hydrogen-bond acceptors (Lipinski definition) is 2. The molecule has 0 fully saturated rings. The second-order valence-electron chi connectivity index (χ2n) is 15.0. The Bertz CT molecular complexity index is 586. The van der Waals surface area contributed by atoms with Crippen LogP contribution in [0.3, 0.4) is 0 Å². The summed E-state index contributed by atoms with van der Waals surface area (Å²) in [5, 5.41) is 0. The second kappa shape index (κ2) is 34.7. The minimum Gasteiger partial charge on any atom is -0.356 e. The lowest BCUT2D eigenvalue weighted by Gasteiger charge is -2.33. The van der Waals surface area contributed by atoms with E-state index in [-0.39, 0.29) is 0 Å². The Morgan fingerprint density at radius 2 is 0.511 bits per heavy atom. The molecule has 2 nitrogen and oxygen atoms in total. The number of unbranched alkanes of at least 4 members (excludes halogenated alkanes) is 31. The van der Waals surface area contributed by atoms with Crippen LogP contribution < -0.4 is 0 Å². The first-order chi connectivity index (χ1) is 22.3. The summed E-state index contributed by atoms with van der Waals surface area (Å²) in [4.78, 5) is 5.45. The predicted molar refractivity (Wildman–Crippen MR) is 205 cm³/mol. The Morgan fingerprint density at radius 1 is 0.289 bits per heavy atom. The molecule has 0 aromatic carbocycles. The van der Waals surface area contributed by atoms with Gasteiger partial charge in [-0.15, -0.1) is 0 Å². The Hall–Kier alpha value is -0.660. The van der Waals surface area contributed by atoms with Crippen LogP contribution in [-0.2, 0) is 0 Å². The maximum atomic E-state index is 2.73. The number of nitrogens with zero attached hydrogens (tertiary/aromatic N) is 2. The average Bonchev–Trinajstić information content (AvgIpc) is 3.43. The van der Waals surface area contributed by atoms with Gasteiger partial charge in [-0.25, -0.2) is 0 Å². The highest BCUT2D eigenvalue weighted by molar-refractivity contribution is 4.97. The maximum absolute atomic E-state index is 2.73. The standard InChI is InChI=1S/C43H86N2/c1-4-7-10-13-16-19-21-22-23-24-26-28-31-34-37-40-45-42-41-44(39-36-33-30-18-15-12-9-6-3)43(45)38-35-32-29-27-25-20-17-14-11-8-5-2/h41-43H,4-40H2,1-3H3. The van der Waals surface area contributed by atoms with Crippen molar-refractivity contribution < 1.29 is 0 Å². The molecule has 0 saturated carbocycles. The van der Waals surface area contributed by atoms with Crippen molar-refractivity contribution in [2.24, 2.45) is 0 Å². The molecule has 1 aliphatic heterocycles. The number of hydrogen-bond donors (Lipinski definition) is 0. The molecule has 0 aromatic heterocycles. The SMILES string of the molecule is CCCCCCCCCCCCCCCCCN1C=CN(CCCCCCCCCC)C1CCCCCCCCCCCCC. The molecule has 0 radical (unpaired) electrons. The predicted octanol–water partition coefficient (Wildman–Crippen LogP) is 15.1. The highest BCUT2D eigenvalue weighted by Gasteiger charge is 2.24. The molecule has 1 heterocycles. The van der Waals surface area contributed by atoms with Gasteiger partial charge in [-0.2, -0.15) is 0 Å². The molecule has 1 unspecified atom stereocenters. The summed E-state index contributed by atoms with van der Waals surface area (Å²) in [6.45, 7) is 9.49. The number of rotatable bonds is 37. The van der Waals surface area contributed by atoms with E-state index in [1.807, 2.05) is 0 Å². The largest absolute Gasteiger partial charge is 0.356 e. The van der Waals surface area contributed by atoms with Gasteiger partial charge in [-0.3, -0.25) is 0 Å². The normalized spacial score (nSPS) is 14.8. The van der Waals surface area contributed by atoms with Crippen molar-refractivity contribution in [1.29, 1.82) is 0 Å². The summed E-state index contributed by atoms with van der Waals surface area (Å²) >= 11 is 0. The van der Waals surface area contributed by atoms with Crippen LogP contribution in [0.5, 0.6) is 0 Å². The van der Waals surface area contributed by atoms with Crippen molar-refractivity contribution in [2.45, 2.75) is 252 Å². The Balaban J connectivity index is 2.18. The van der Waals surface area contributed by atoms with Crippen molar-refractivity contribution in [2.75, 3.05) is 13.1 Å². The molecule has 268 valence electrons. The molecule has 45 heavy (non-hydrogen) atoms. The van der Waals surface area contributed by atoms with Crippen LogP contribution in [0.25, 0.3) is 0 Å². The van der Waals surface area contributed by atoms with Crippen molar-refractivity contribution in [3.63, 3.8) is 0 Å². The fraction of sp³-hybridized carbons (Fsp3) is 0.953. The van der Waals surface area contributed by atoms with Gasteiger partial charge >= 0.3 is 0 Å². The van der Waals surface area contributed by atoms with Crippen LogP contribution in [0.2, 0.25) is 0 Å². The zero-order valence-electron chi connectivity index (χ0n) is 31.8. The zero-order chi connectivity index (χ0) is 32.3. The van der Waals surface area contributed by atoms with E-state index in [2.05, 4.69) is 43.0 Å². The molecule has 0 N–H and O–H groups in total. The highest BCUT2D eigenvalue weighted by atomic mass is 15.4. The Labute approximate surface area is 286 Å². The molecule has 0 saturated heterocycles. The average molecular weight is 631 g/mol. The van der Waals surface area contributed by atoms with Crippen LogP contribution in [-0.4, -0.2) is 29.1 Å². The summed E-state index contributed by atoms with van der Waals surface area (Å²) in [6.07, 6.45) is 55.9. The van der Waals surface area contributed by atoms with Gasteiger partial charge in [0.25, 0.3) is 0 Å². The van der Waals surface area contributed by atoms with Crippen molar-refractivity contribution in [1.82, 2.24) is 9.80 Å². The fourth-order valence-electron chi connectivity index (χ4n) is 7.42. The van der Waals surface area contributed by atoms with Crippen LogP contribution in [0.1, 0.15) is 245 Å². The van der Waals surface area contributed by atoms with Crippen molar-refractivity contribution >= 4 is 0 Å². The van der Waals surface area contributed by atoms with Crippen molar-refractivity contribution in [3.05, 3.63) is 12.4 Å². The van der Waals surface area contributed by atoms with E-state index >= 15 is 0 Å². The van der Waals surface area contributed by atoms with E-state index in [9.17, 15) is 0 Å². The monoisotopic (exact) mass is 631 g/mol. The van der Waals surface area contributed by atoms with Gasteiger partial charge in [0.05, 0.1) is 0 Å². The van der Waals surface area contributed by atoms with Crippen LogP contribution in [0.15, 0.2) is 12.4 Å². The van der Waals surface area contributed by atoms with Gasteiger partial charge < -0.3 is 9.80 Å². The molecule has 1 atom stereocenters. The molecular weight excluding hydrogens is 544 g/mol. The molecule has 2 heteroatoms. The summed E-state index contributed by atoms with van der Waals surface area (Å²) < 4.78 is 0. The van der Waals surface area contributed by atoms with Crippen LogP contribution in [0, 0.1) is 0 Å². The maximum Gasteiger partial charge on any atom is 0.101 e. The smallest absolute Gasteiger partial charge is 0.101 e. The molecule has 0 aromatic rings. The van der Waals surface area contributed by atoms with Gasteiger partial charge in [-0.05, 0) is 25.7 Å². The minimum atomic E-state index is 0.639. The summed E-state index contributed by atoms with van der Waals surface area (Å²) in [6, 6.07) is 0. The van der Waals surface area contributed by atoms with Gasteiger partial charge in [-0.1, -0.05) is 220 Å². The zero-order valence-corrected chi connectivity index (χ0v) is 31.8. The Kier molecular flexibility index (Phi) is 32.6. The minimum absolute atomic E-state index is 0.639. The lowest BCUT2D eigenvalue weighted by Crippen LogP contribution is -2.39. The van der Waals surface area contributed by atoms with Gasteiger partial charge in [0.15, 0.2) is 0 Å². The molecule has 0 spiro atoms. The third kappa shape index (κ3) is 27.0. The highest BCUT2D eigenvalue weighted by Crippen LogP contribution is 2.24. The first-order valence-electron chi connectivity index (χ1n) is 21.5. The first kappa shape index (κ1) is 42.4. The molecule has 0 bridgehead atoms. The molecule has 0 amide bonds. The first-order valence-corrected chi connectivity index (χ1v) is 21.5. The molecule has 1 rings (SSSR count). The molecule has 1 aliphatic rings. The van der Waals surface area contributed by atoms with E-state index < -0.39 is 0 Å². The molecular formula is C43H86N2. The van der Waals surface area contributed by atoms with E-state index in [1.165, 1.54) is 238 Å². The topological polar surface area (TPSA) is 6.48 Å². The summed E-state index contributed by atoms with van der Waals surface area (Å²) in [7, 11) is 0. The van der Waals surface area contributed by atoms with E-state index in [0.29, 0.717) is 6.17 Å². The lowest BCUT2D eigenvalue weighted by atomic mass is 10.0. The van der Waals surface area contributed by atoms with E-state index in [4.69, 9.17) is 0 Å².